The summed E-state index contributed by atoms with van der Waals surface area (Å²) in [5.41, 5.74) is 0. The van der Waals surface area contributed by atoms with Gasteiger partial charge in [0, 0.05) is 45.9 Å². The van der Waals surface area contributed by atoms with E-state index in [9.17, 15) is 0 Å². The molecule has 1 N–H and O–H groups in total. The van der Waals surface area contributed by atoms with Gasteiger partial charge in [-0.15, -0.1) is 0 Å². The van der Waals surface area contributed by atoms with Gasteiger partial charge in [-0.3, -0.25) is 4.90 Å². The van der Waals surface area contributed by atoms with Gasteiger partial charge in [-0.1, -0.05) is 12.8 Å². The van der Waals surface area contributed by atoms with E-state index in [1.54, 1.807) is 14.2 Å². The second-order valence-corrected chi connectivity index (χ2v) is 6.38. The van der Waals surface area contributed by atoms with E-state index in [-0.39, 0.29) is 0 Å². The standard InChI is InChI=1S/C16H32N2O2/c1-19-11-9-18(10-12-20-2)13-15-8-7-14-5-3-4-6-16(14)17-15/h14-17H,3-13H2,1-2H3. The smallest absolute Gasteiger partial charge is 0.0589 e. The second kappa shape index (κ2) is 8.98. The van der Waals surface area contributed by atoms with Crippen LogP contribution in [0.1, 0.15) is 38.5 Å². The molecule has 118 valence electrons. The average molecular weight is 284 g/mol. The van der Waals surface area contributed by atoms with Gasteiger partial charge in [0.2, 0.25) is 0 Å². The van der Waals surface area contributed by atoms with Crippen molar-refractivity contribution in [3.63, 3.8) is 0 Å². The molecule has 0 aromatic rings. The van der Waals surface area contributed by atoms with Crippen LogP contribution >= 0.6 is 0 Å². The van der Waals surface area contributed by atoms with Gasteiger partial charge in [0.15, 0.2) is 0 Å². The van der Waals surface area contributed by atoms with Crippen molar-refractivity contribution < 1.29 is 9.47 Å². The summed E-state index contributed by atoms with van der Waals surface area (Å²) in [6.45, 7) is 4.76. The van der Waals surface area contributed by atoms with Crippen LogP contribution in [-0.4, -0.2) is 64.1 Å². The lowest BCUT2D eigenvalue weighted by Gasteiger charge is -2.42. The summed E-state index contributed by atoms with van der Waals surface area (Å²) in [5.74, 6) is 0.950. The van der Waals surface area contributed by atoms with E-state index < -0.39 is 0 Å². The lowest BCUT2D eigenvalue weighted by molar-refractivity contribution is 0.0922. The highest BCUT2D eigenvalue weighted by molar-refractivity contribution is 4.90. The van der Waals surface area contributed by atoms with E-state index in [1.165, 1.54) is 38.5 Å². The van der Waals surface area contributed by atoms with Crippen LogP contribution in [0.25, 0.3) is 0 Å². The third kappa shape index (κ3) is 4.99. The first-order valence-corrected chi connectivity index (χ1v) is 8.29. The number of nitrogens with zero attached hydrogens (tertiary/aromatic N) is 1. The molecule has 4 heteroatoms. The maximum absolute atomic E-state index is 5.22. The Labute approximate surface area is 124 Å². The molecule has 1 aliphatic heterocycles. The third-order valence-electron chi connectivity index (χ3n) is 4.95. The van der Waals surface area contributed by atoms with Gasteiger partial charge in [0.25, 0.3) is 0 Å². The van der Waals surface area contributed by atoms with Crippen LogP contribution < -0.4 is 5.32 Å². The Bertz CT molecular complexity index is 255. The molecule has 1 saturated heterocycles. The average Bonchev–Trinajstić information content (AvgIpc) is 2.50. The van der Waals surface area contributed by atoms with Gasteiger partial charge in [-0.25, -0.2) is 0 Å². The molecule has 2 rings (SSSR count). The van der Waals surface area contributed by atoms with Crippen LogP contribution in [0.3, 0.4) is 0 Å². The summed E-state index contributed by atoms with van der Waals surface area (Å²) in [7, 11) is 3.56. The van der Waals surface area contributed by atoms with Crippen molar-refractivity contribution in [1.82, 2.24) is 10.2 Å². The van der Waals surface area contributed by atoms with Crippen LogP contribution in [0.4, 0.5) is 0 Å². The van der Waals surface area contributed by atoms with Crippen molar-refractivity contribution in [2.45, 2.75) is 50.6 Å². The van der Waals surface area contributed by atoms with E-state index >= 15 is 0 Å². The molecule has 0 aromatic heterocycles. The van der Waals surface area contributed by atoms with Crippen molar-refractivity contribution in [2.75, 3.05) is 47.1 Å². The lowest BCUT2D eigenvalue weighted by Crippen LogP contribution is -2.53. The summed E-state index contributed by atoms with van der Waals surface area (Å²) in [6.07, 6.45) is 8.44. The highest BCUT2D eigenvalue weighted by atomic mass is 16.5. The van der Waals surface area contributed by atoms with Gasteiger partial charge in [0.05, 0.1) is 13.2 Å². The molecule has 1 heterocycles. The van der Waals surface area contributed by atoms with Crippen molar-refractivity contribution in [3.8, 4) is 0 Å². The van der Waals surface area contributed by atoms with Crippen LogP contribution in [0, 0.1) is 5.92 Å². The molecule has 0 bridgehead atoms. The third-order valence-corrected chi connectivity index (χ3v) is 4.95. The number of ether oxygens (including phenoxy) is 2. The molecule has 0 amide bonds. The van der Waals surface area contributed by atoms with Crippen LogP contribution in [0.15, 0.2) is 0 Å². The van der Waals surface area contributed by atoms with Crippen molar-refractivity contribution in [2.24, 2.45) is 5.92 Å². The Hall–Kier alpha value is -0.160. The predicted molar refractivity (Wildman–Crippen MR) is 82.1 cm³/mol. The fraction of sp³-hybridized carbons (Fsp3) is 1.00. The number of hydrogen-bond acceptors (Lipinski definition) is 4. The summed E-state index contributed by atoms with van der Waals surface area (Å²) in [5, 5.41) is 3.92. The number of nitrogens with one attached hydrogen (secondary N) is 1. The lowest BCUT2D eigenvalue weighted by atomic mass is 9.78. The SMILES string of the molecule is COCCN(CCOC)CC1CCC2CCCCC2N1. The molecule has 2 aliphatic rings. The normalized spacial score (nSPS) is 30.4. The molecule has 3 unspecified atom stereocenters. The van der Waals surface area contributed by atoms with Gasteiger partial charge < -0.3 is 14.8 Å². The van der Waals surface area contributed by atoms with E-state index in [0.717, 1.165) is 44.8 Å². The van der Waals surface area contributed by atoms with Gasteiger partial charge >= 0.3 is 0 Å². The monoisotopic (exact) mass is 284 g/mol. The van der Waals surface area contributed by atoms with E-state index in [2.05, 4.69) is 10.2 Å². The highest BCUT2D eigenvalue weighted by Gasteiger charge is 2.31. The molecule has 20 heavy (non-hydrogen) atoms. The zero-order valence-electron chi connectivity index (χ0n) is 13.3. The van der Waals surface area contributed by atoms with Gasteiger partial charge in [-0.05, 0) is 31.6 Å². The summed E-state index contributed by atoms with van der Waals surface area (Å²) in [6, 6.07) is 1.44. The van der Waals surface area contributed by atoms with Crippen molar-refractivity contribution in [3.05, 3.63) is 0 Å². The number of hydrogen-bond donors (Lipinski definition) is 1. The second-order valence-electron chi connectivity index (χ2n) is 6.38. The molecule has 1 saturated carbocycles. The van der Waals surface area contributed by atoms with Crippen molar-refractivity contribution in [1.29, 1.82) is 0 Å². The Kier molecular flexibility index (Phi) is 7.28. The minimum absolute atomic E-state index is 0.656. The van der Waals surface area contributed by atoms with Crippen molar-refractivity contribution >= 4 is 0 Å². The van der Waals surface area contributed by atoms with Gasteiger partial charge in [0.1, 0.15) is 0 Å². The first kappa shape index (κ1) is 16.2. The van der Waals surface area contributed by atoms with Crippen LogP contribution in [-0.2, 0) is 9.47 Å². The zero-order chi connectivity index (χ0) is 14.2. The number of fused-ring (bicyclic) bond motifs is 1. The number of rotatable bonds is 8. The summed E-state index contributed by atoms with van der Waals surface area (Å²) >= 11 is 0. The molecule has 0 radical (unpaired) electrons. The molecular weight excluding hydrogens is 252 g/mol. The summed E-state index contributed by atoms with van der Waals surface area (Å²) < 4.78 is 10.4. The topological polar surface area (TPSA) is 33.7 Å². The number of methoxy groups -OCH3 is 2. The first-order valence-electron chi connectivity index (χ1n) is 8.29. The molecule has 0 aromatic carbocycles. The van der Waals surface area contributed by atoms with Crippen LogP contribution in [0.5, 0.6) is 0 Å². The largest absolute Gasteiger partial charge is 0.383 e. The Morgan fingerprint density at radius 2 is 1.65 bits per heavy atom. The number of piperidine rings is 1. The van der Waals surface area contributed by atoms with Gasteiger partial charge in [-0.2, -0.15) is 0 Å². The molecule has 2 fully saturated rings. The molecule has 4 nitrogen and oxygen atoms in total. The fourth-order valence-electron chi connectivity index (χ4n) is 3.76. The highest BCUT2D eigenvalue weighted by Crippen LogP contribution is 2.32. The summed E-state index contributed by atoms with van der Waals surface area (Å²) in [4.78, 5) is 2.48. The minimum atomic E-state index is 0.656. The maximum atomic E-state index is 5.22. The van der Waals surface area contributed by atoms with E-state index in [1.807, 2.05) is 0 Å². The molecule has 1 aliphatic carbocycles. The van der Waals surface area contributed by atoms with E-state index in [4.69, 9.17) is 9.47 Å². The first-order chi connectivity index (χ1) is 9.83. The quantitative estimate of drug-likeness (QED) is 0.738. The maximum Gasteiger partial charge on any atom is 0.0589 e. The Balaban J connectivity index is 1.76. The molecular formula is C16H32N2O2. The zero-order valence-corrected chi connectivity index (χ0v) is 13.3. The predicted octanol–water partition coefficient (Wildman–Crippen LogP) is 1.89. The Morgan fingerprint density at radius 1 is 0.950 bits per heavy atom. The molecule has 3 atom stereocenters. The fourth-order valence-corrected chi connectivity index (χ4v) is 3.76. The van der Waals surface area contributed by atoms with Crippen LogP contribution in [0.2, 0.25) is 0 Å². The minimum Gasteiger partial charge on any atom is -0.383 e. The Morgan fingerprint density at radius 3 is 2.35 bits per heavy atom. The molecule has 0 spiro atoms. The van der Waals surface area contributed by atoms with E-state index in [0.29, 0.717) is 6.04 Å².